The Morgan fingerprint density at radius 1 is 1.09 bits per heavy atom. The van der Waals surface area contributed by atoms with Crippen LogP contribution in [0.1, 0.15) is 67.8 Å². The van der Waals surface area contributed by atoms with Gasteiger partial charge >= 0.3 is 0 Å². The van der Waals surface area contributed by atoms with Gasteiger partial charge in [-0.3, -0.25) is 9.59 Å². The zero-order valence-corrected chi connectivity index (χ0v) is 19.4. The summed E-state index contributed by atoms with van der Waals surface area (Å²) in [6.45, 7) is 6.65. The van der Waals surface area contributed by atoms with E-state index in [0.717, 1.165) is 49.8 Å². The fraction of sp³-hybridized carbons (Fsp3) is 0.481. The number of hydrogen-bond acceptors (Lipinski definition) is 3. The van der Waals surface area contributed by atoms with E-state index in [1.807, 2.05) is 26.0 Å². The van der Waals surface area contributed by atoms with Crippen LogP contribution in [-0.2, 0) is 16.0 Å². The minimum Gasteiger partial charge on any atom is -0.484 e. The molecule has 0 saturated heterocycles. The van der Waals surface area contributed by atoms with E-state index in [2.05, 4.69) is 47.5 Å². The van der Waals surface area contributed by atoms with Crippen molar-refractivity contribution >= 4 is 11.8 Å². The first-order chi connectivity index (χ1) is 15.4. The van der Waals surface area contributed by atoms with Crippen LogP contribution in [0.2, 0.25) is 0 Å². The number of carbonyl (C=O) groups excluding carboxylic acids is 2. The predicted octanol–water partition coefficient (Wildman–Crippen LogP) is 4.56. The van der Waals surface area contributed by atoms with Gasteiger partial charge in [0.05, 0.1) is 6.04 Å². The lowest BCUT2D eigenvalue weighted by Gasteiger charge is -2.39. The molecule has 1 heterocycles. The molecule has 1 N–H and O–H groups in total. The van der Waals surface area contributed by atoms with Crippen molar-refractivity contribution in [2.75, 3.05) is 13.2 Å². The van der Waals surface area contributed by atoms with Crippen LogP contribution < -0.4 is 10.1 Å². The highest BCUT2D eigenvalue weighted by Crippen LogP contribution is 2.39. The number of aryl methyl sites for hydroxylation is 1. The van der Waals surface area contributed by atoms with E-state index in [4.69, 9.17) is 4.74 Å². The number of amides is 2. The van der Waals surface area contributed by atoms with E-state index in [9.17, 15) is 9.59 Å². The molecule has 5 heteroatoms. The third kappa shape index (κ3) is 4.98. The van der Waals surface area contributed by atoms with Crippen molar-refractivity contribution in [1.29, 1.82) is 0 Å². The largest absolute Gasteiger partial charge is 0.484 e. The first-order valence-electron chi connectivity index (χ1n) is 11.8. The number of nitrogens with zero attached hydrogens (tertiary/aromatic N) is 1. The molecule has 5 nitrogen and oxygen atoms in total. The minimum atomic E-state index is -0.133. The molecule has 0 unspecified atom stereocenters. The van der Waals surface area contributed by atoms with Gasteiger partial charge in [0, 0.05) is 18.5 Å². The van der Waals surface area contributed by atoms with Gasteiger partial charge in [-0.1, -0.05) is 48.7 Å². The summed E-state index contributed by atoms with van der Waals surface area (Å²) in [5.74, 6) is 0.950. The summed E-state index contributed by atoms with van der Waals surface area (Å²) in [7, 11) is 0. The fourth-order valence-corrected chi connectivity index (χ4v) is 4.95. The molecule has 1 aliphatic carbocycles. The molecule has 0 aromatic heterocycles. The van der Waals surface area contributed by atoms with Crippen LogP contribution in [0.25, 0.3) is 0 Å². The Balaban J connectivity index is 1.64. The summed E-state index contributed by atoms with van der Waals surface area (Å²) in [6.07, 6.45) is 5.12. The van der Waals surface area contributed by atoms with Gasteiger partial charge in [0.2, 0.25) is 5.91 Å². The second-order valence-corrected chi connectivity index (χ2v) is 9.45. The van der Waals surface area contributed by atoms with Crippen LogP contribution in [0.5, 0.6) is 5.75 Å². The van der Waals surface area contributed by atoms with E-state index in [1.165, 1.54) is 11.1 Å². The third-order valence-corrected chi connectivity index (χ3v) is 6.55. The minimum absolute atomic E-state index is 0.0170. The predicted molar refractivity (Wildman–Crippen MR) is 126 cm³/mol. The van der Waals surface area contributed by atoms with Crippen LogP contribution in [0.15, 0.2) is 42.5 Å². The maximum absolute atomic E-state index is 13.5. The first-order valence-corrected chi connectivity index (χ1v) is 11.8. The Kier molecular flexibility index (Phi) is 6.83. The summed E-state index contributed by atoms with van der Waals surface area (Å²) in [5, 5.41) is 2.85. The summed E-state index contributed by atoms with van der Waals surface area (Å²) < 4.78 is 5.82. The van der Waals surface area contributed by atoms with Crippen LogP contribution in [0.3, 0.4) is 0 Å². The molecule has 2 aromatic carbocycles. The fourth-order valence-electron chi connectivity index (χ4n) is 4.95. The SMILES string of the molecule is Cc1ccc([C@H]2c3cc(OCC(=O)NC(C)C)ccc3CCN2C(=O)C2CCCC2)cc1. The Hall–Kier alpha value is -2.82. The molecule has 4 rings (SSSR count). The monoisotopic (exact) mass is 434 g/mol. The second-order valence-electron chi connectivity index (χ2n) is 9.45. The Morgan fingerprint density at radius 2 is 1.81 bits per heavy atom. The van der Waals surface area contributed by atoms with E-state index < -0.39 is 0 Å². The quantitative estimate of drug-likeness (QED) is 0.725. The molecule has 0 spiro atoms. The van der Waals surface area contributed by atoms with Gasteiger partial charge in [0.25, 0.3) is 5.91 Å². The van der Waals surface area contributed by atoms with Crippen molar-refractivity contribution in [3.63, 3.8) is 0 Å². The molecule has 2 aromatic rings. The van der Waals surface area contributed by atoms with Crippen LogP contribution >= 0.6 is 0 Å². The molecule has 2 aliphatic rings. The van der Waals surface area contributed by atoms with Gasteiger partial charge in [0.1, 0.15) is 5.75 Å². The van der Waals surface area contributed by atoms with E-state index in [0.29, 0.717) is 5.75 Å². The van der Waals surface area contributed by atoms with Gasteiger partial charge in [-0.2, -0.15) is 0 Å². The van der Waals surface area contributed by atoms with Crippen molar-refractivity contribution in [2.45, 2.75) is 65.0 Å². The standard InChI is InChI=1S/C27H34N2O3/c1-18(2)28-25(30)17-32-23-13-12-20-14-15-29(27(31)22-6-4-5-7-22)26(24(20)16-23)21-10-8-19(3)9-11-21/h8-13,16,18,22,26H,4-7,14-15,17H2,1-3H3,(H,28,30)/t26-/m0/s1. The topological polar surface area (TPSA) is 58.6 Å². The lowest BCUT2D eigenvalue weighted by atomic mass is 9.86. The average molecular weight is 435 g/mol. The highest BCUT2D eigenvalue weighted by molar-refractivity contribution is 5.80. The number of ether oxygens (including phenoxy) is 1. The Morgan fingerprint density at radius 3 is 2.50 bits per heavy atom. The van der Waals surface area contributed by atoms with Crippen LogP contribution in [0.4, 0.5) is 0 Å². The molecular weight excluding hydrogens is 400 g/mol. The van der Waals surface area contributed by atoms with E-state index in [1.54, 1.807) is 0 Å². The summed E-state index contributed by atoms with van der Waals surface area (Å²) >= 11 is 0. The van der Waals surface area contributed by atoms with E-state index >= 15 is 0 Å². The smallest absolute Gasteiger partial charge is 0.258 e. The molecular formula is C27H34N2O3. The maximum atomic E-state index is 13.5. The molecule has 32 heavy (non-hydrogen) atoms. The molecule has 0 bridgehead atoms. The van der Waals surface area contributed by atoms with Crippen molar-refractivity contribution in [1.82, 2.24) is 10.2 Å². The molecule has 2 amide bonds. The molecule has 1 aliphatic heterocycles. The van der Waals surface area contributed by atoms with Crippen molar-refractivity contribution < 1.29 is 14.3 Å². The zero-order valence-electron chi connectivity index (χ0n) is 19.4. The highest BCUT2D eigenvalue weighted by Gasteiger charge is 2.36. The van der Waals surface area contributed by atoms with Crippen molar-refractivity contribution in [3.05, 3.63) is 64.7 Å². The Labute approximate surface area is 191 Å². The third-order valence-electron chi connectivity index (χ3n) is 6.55. The normalized spacial score (nSPS) is 18.5. The lowest BCUT2D eigenvalue weighted by molar-refractivity contribution is -0.137. The zero-order chi connectivity index (χ0) is 22.7. The van der Waals surface area contributed by atoms with Crippen molar-refractivity contribution in [2.24, 2.45) is 5.92 Å². The number of rotatable bonds is 6. The number of fused-ring (bicyclic) bond motifs is 1. The molecule has 1 saturated carbocycles. The van der Waals surface area contributed by atoms with Gasteiger partial charge in [0.15, 0.2) is 6.61 Å². The van der Waals surface area contributed by atoms with Crippen LogP contribution in [0, 0.1) is 12.8 Å². The average Bonchev–Trinajstić information content (AvgIpc) is 3.31. The van der Waals surface area contributed by atoms with Gasteiger partial charge in [-0.25, -0.2) is 0 Å². The molecule has 0 radical (unpaired) electrons. The lowest BCUT2D eigenvalue weighted by Crippen LogP contribution is -2.43. The first kappa shape index (κ1) is 22.4. The van der Waals surface area contributed by atoms with Crippen LogP contribution in [-0.4, -0.2) is 35.9 Å². The number of benzene rings is 2. The second kappa shape index (κ2) is 9.76. The number of hydrogen-bond donors (Lipinski definition) is 1. The molecule has 1 atom stereocenters. The highest BCUT2D eigenvalue weighted by atomic mass is 16.5. The molecule has 1 fully saturated rings. The van der Waals surface area contributed by atoms with E-state index in [-0.39, 0.29) is 36.4 Å². The van der Waals surface area contributed by atoms with Gasteiger partial charge in [-0.15, -0.1) is 0 Å². The van der Waals surface area contributed by atoms with Gasteiger partial charge < -0.3 is 15.0 Å². The van der Waals surface area contributed by atoms with Gasteiger partial charge in [-0.05, 0) is 68.9 Å². The maximum Gasteiger partial charge on any atom is 0.258 e. The number of nitrogens with one attached hydrogen (secondary N) is 1. The van der Waals surface area contributed by atoms with Crippen molar-refractivity contribution in [3.8, 4) is 5.75 Å². The molecule has 170 valence electrons. The summed E-state index contributed by atoms with van der Waals surface area (Å²) in [5.41, 5.74) is 4.67. The summed E-state index contributed by atoms with van der Waals surface area (Å²) in [6, 6.07) is 14.5. The summed E-state index contributed by atoms with van der Waals surface area (Å²) in [4.78, 5) is 27.6. The Bertz CT molecular complexity index is 961. The number of carbonyl (C=O) groups is 2.